The molecular weight excluding hydrogens is 172 g/mol. The summed E-state index contributed by atoms with van der Waals surface area (Å²) in [6, 6.07) is 0. The van der Waals surface area contributed by atoms with Gasteiger partial charge in [0, 0.05) is 0 Å². The number of carbonyl (C=O) groups excluding carboxylic acids is 1. The molecule has 0 aromatic heterocycles. The molecule has 3 heteroatoms. The van der Waals surface area contributed by atoms with E-state index in [2.05, 4.69) is 20.7 Å². The van der Waals surface area contributed by atoms with Crippen LogP contribution in [0, 0.1) is 0 Å². The lowest BCUT2D eigenvalue weighted by molar-refractivity contribution is -0.135. The Morgan fingerprint density at radius 3 is 2.38 bits per heavy atom. The molecule has 0 spiro atoms. The van der Waals surface area contributed by atoms with Gasteiger partial charge >= 0.3 is 5.97 Å². The van der Waals surface area contributed by atoms with Crippen LogP contribution in [0.4, 0.5) is 0 Å². The minimum Gasteiger partial charge on any atom is -0.465 e. The third-order valence-electron chi connectivity index (χ3n) is 0.634. The van der Waals surface area contributed by atoms with Crippen molar-refractivity contribution < 1.29 is 9.53 Å². The molecule has 0 aromatic carbocycles. The highest BCUT2D eigenvalue weighted by Gasteiger charge is 2.00. The fraction of sp³-hybridized carbons (Fsp3) is 0.400. The van der Waals surface area contributed by atoms with Crippen LogP contribution < -0.4 is 0 Å². The maximum Gasteiger partial charge on any atom is 0.344 e. The summed E-state index contributed by atoms with van der Waals surface area (Å²) in [6.45, 7) is 1.75. The zero-order chi connectivity index (χ0) is 6.57. The number of halogens is 1. The SMILES string of the molecule is C/C=C(\Br)C(=O)OC. The molecule has 0 radical (unpaired) electrons. The summed E-state index contributed by atoms with van der Waals surface area (Å²) in [4.78, 5) is 10.4. The van der Waals surface area contributed by atoms with Gasteiger partial charge in [0.1, 0.15) is 0 Å². The quantitative estimate of drug-likeness (QED) is 0.449. The van der Waals surface area contributed by atoms with Gasteiger partial charge < -0.3 is 4.74 Å². The molecule has 46 valence electrons. The average Bonchev–Trinajstić information content (AvgIpc) is 1.84. The summed E-state index contributed by atoms with van der Waals surface area (Å²) >= 11 is 2.99. The molecule has 0 aliphatic heterocycles. The van der Waals surface area contributed by atoms with Gasteiger partial charge in [-0.25, -0.2) is 4.79 Å². The summed E-state index contributed by atoms with van der Waals surface area (Å²) in [7, 11) is 1.34. The lowest BCUT2D eigenvalue weighted by atomic mass is 10.5. The summed E-state index contributed by atoms with van der Waals surface area (Å²) in [5, 5.41) is 0. The molecule has 0 saturated carbocycles. The molecule has 0 heterocycles. The molecule has 0 bridgehead atoms. The van der Waals surface area contributed by atoms with Gasteiger partial charge in [-0.2, -0.15) is 0 Å². The fourth-order valence-corrected chi connectivity index (χ4v) is 0.377. The minimum atomic E-state index is -0.340. The van der Waals surface area contributed by atoms with Crippen LogP contribution >= 0.6 is 15.9 Å². The summed E-state index contributed by atoms with van der Waals surface area (Å²) in [5.74, 6) is -0.340. The highest BCUT2D eigenvalue weighted by Crippen LogP contribution is 2.04. The molecule has 0 aliphatic rings. The van der Waals surface area contributed by atoms with Crippen LogP contribution in [0.2, 0.25) is 0 Å². The second kappa shape index (κ2) is 3.66. The van der Waals surface area contributed by atoms with E-state index in [4.69, 9.17) is 0 Å². The van der Waals surface area contributed by atoms with E-state index in [1.165, 1.54) is 7.11 Å². The summed E-state index contributed by atoms with van der Waals surface area (Å²) in [5.41, 5.74) is 0. The van der Waals surface area contributed by atoms with Crippen LogP contribution in [-0.2, 0) is 9.53 Å². The predicted molar refractivity (Wildman–Crippen MR) is 34.7 cm³/mol. The van der Waals surface area contributed by atoms with Gasteiger partial charge in [0.2, 0.25) is 0 Å². The lowest BCUT2D eigenvalue weighted by Gasteiger charge is -1.92. The second-order valence-corrected chi connectivity index (χ2v) is 1.98. The van der Waals surface area contributed by atoms with Gasteiger partial charge in [-0.15, -0.1) is 0 Å². The Balaban J connectivity index is 3.83. The molecule has 8 heavy (non-hydrogen) atoms. The highest BCUT2D eigenvalue weighted by atomic mass is 79.9. The van der Waals surface area contributed by atoms with Crippen molar-refractivity contribution in [2.24, 2.45) is 0 Å². The van der Waals surface area contributed by atoms with Crippen molar-refractivity contribution in [2.75, 3.05) is 7.11 Å². The number of hydrogen-bond donors (Lipinski definition) is 0. The predicted octanol–water partition coefficient (Wildman–Crippen LogP) is 1.46. The van der Waals surface area contributed by atoms with Crippen molar-refractivity contribution in [3.8, 4) is 0 Å². The Kier molecular flexibility index (Phi) is 3.52. The van der Waals surface area contributed by atoms with Crippen LogP contribution in [0.1, 0.15) is 6.92 Å². The fourth-order valence-electron chi connectivity index (χ4n) is 0.215. The standard InChI is InChI=1S/C5H7BrO2/c1-3-4(6)5(7)8-2/h3H,1-2H3/b4-3-. The molecule has 0 saturated heterocycles. The molecule has 2 nitrogen and oxygen atoms in total. The largest absolute Gasteiger partial charge is 0.465 e. The summed E-state index contributed by atoms with van der Waals surface area (Å²) in [6.07, 6.45) is 1.63. The Labute approximate surface area is 56.7 Å². The maximum atomic E-state index is 10.4. The third-order valence-corrected chi connectivity index (χ3v) is 1.42. The van der Waals surface area contributed by atoms with Gasteiger partial charge in [-0.05, 0) is 22.9 Å². The van der Waals surface area contributed by atoms with E-state index < -0.39 is 0 Å². The Bertz CT molecular complexity index is 118. The Morgan fingerprint density at radius 2 is 2.25 bits per heavy atom. The van der Waals surface area contributed by atoms with Crippen molar-refractivity contribution in [3.05, 3.63) is 10.6 Å². The van der Waals surface area contributed by atoms with E-state index in [9.17, 15) is 4.79 Å². The molecule has 0 aliphatic carbocycles. The van der Waals surface area contributed by atoms with E-state index in [1.54, 1.807) is 13.0 Å². The van der Waals surface area contributed by atoms with Gasteiger partial charge in [-0.3, -0.25) is 0 Å². The number of hydrogen-bond acceptors (Lipinski definition) is 2. The molecule has 0 aromatic rings. The highest BCUT2D eigenvalue weighted by molar-refractivity contribution is 9.12. The number of esters is 1. The first-order chi connectivity index (χ1) is 3.72. The van der Waals surface area contributed by atoms with E-state index in [0.29, 0.717) is 4.48 Å². The van der Waals surface area contributed by atoms with Crippen LogP contribution in [0.3, 0.4) is 0 Å². The topological polar surface area (TPSA) is 26.3 Å². The van der Waals surface area contributed by atoms with Gasteiger partial charge in [0.25, 0.3) is 0 Å². The number of ether oxygens (including phenoxy) is 1. The van der Waals surface area contributed by atoms with Gasteiger partial charge in [-0.1, -0.05) is 6.08 Å². The first-order valence-electron chi connectivity index (χ1n) is 2.12. The van der Waals surface area contributed by atoms with Crippen molar-refractivity contribution >= 4 is 21.9 Å². The lowest BCUT2D eigenvalue weighted by Crippen LogP contribution is -1.97. The minimum absolute atomic E-state index is 0.340. The number of rotatable bonds is 1. The maximum absolute atomic E-state index is 10.4. The van der Waals surface area contributed by atoms with Crippen molar-refractivity contribution in [2.45, 2.75) is 6.92 Å². The smallest absolute Gasteiger partial charge is 0.344 e. The average molecular weight is 179 g/mol. The Morgan fingerprint density at radius 1 is 1.75 bits per heavy atom. The van der Waals surface area contributed by atoms with Gasteiger partial charge in [0.05, 0.1) is 11.6 Å². The van der Waals surface area contributed by atoms with E-state index >= 15 is 0 Å². The van der Waals surface area contributed by atoms with Crippen LogP contribution in [0.15, 0.2) is 10.6 Å². The molecule has 0 atom stereocenters. The zero-order valence-corrected chi connectivity index (χ0v) is 6.36. The van der Waals surface area contributed by atoms with Gasteiger partial charge in [0.15, 0.2) is 0 Å². The molecule has 0 amide bonds. The van der Waals surface area contributed by atoms with Crippen molar-refractivity contribution in [1.29, 1.82) is 0 Å². The number of carbonyl (C=O) groups is 1. The molecule has 0 N–H and O–H groups in total. The van der Waals surface area contributed by atoms with Crippen LogP contribution in [0.25, 0.3) is 0 Å². The molecule has 0 rings (SSSR count). The van der Waals surface area contributed by atoms with Crippen molar-refractivity contribution in [3.63, 3.8) is 0 Å². The summed E-state index contributed by atoms with van der Waals surface area (Å²) < 4.78 is 4.81. The zero-order valence-electron chi connectivity index (χ0n) is 4.77. The third kappa shape index (κ3) is 2.12. The number of allylic oxidation sites excluding steroid dienone is 1. The molecular formula is C5H7BrO2. The van der Waals surface area contributed by atoms with E-state index in [-0.39, 0.29) is 5.97 Å². The van der Waals surface area contributed by atoms with E-state index in [0.717, 1.165) is 0 Å². The van der Waals surface area contributed by atoms with Crippen molar-refractivity contribution in [1.82, 2.24) is 0 Å². The number of methoxy groups -OCH3 is 1. The monoisotopic (exact) mass is 178 g/mol. The first kappa shape index (κ1) is 7.69. The van der Waals surface area contributed by atoms with Crippen LogP contribution in [-0.4, -0.2) is 13.1 Å². The second-order valence-electron chi connectivity index (χ2n) is 1.13. The molecule has 0 unspecified atom stereocenters. The normalized spacial score (nSPS) is 11.1. The molecule has 0 fully saturated rings. The Hall–Kier alpha value is -0.310. The first-order valence-corrected chi connectivity index (χ1v) is 2.91. The van der Waals surface area contributed by atoms with E-state index in [1.807, 2.05) is 0 Å². The van der Waals surface area contributed by atoms with Crippen LogP contribution in [0.5, 0.6) is 0 Å².